The third-order valence-corrected chi connectivity index (χ3v) is 5.22. The summed E-state index contributed by atoms with van der Waals surface area (Å²) in [6.07, 6.45) is 14.7. The van der Waals surface area contributed by atoms with E-state index < -0.39 is 0 Å². The molecule has 0 rings (SSSR count). The van der Waals surface area contributed by atoms with E-state index in [1.54, 1.807) is 0 Å². The van der Waals surface area contributed by atoms with Gasteiger partial charge in [0.25, 0.3) is 0 Å². The lowest BCUT2D eigenvalue weighted by Gasteiger charge is -2.13. The molecule has 0 bridgehead atoms. The van der Waals surface area contributed by atoms with Crippen LogP contribution in [0.1, 0.15) is 104 Å². The lowest BCUT2D eigenvalue weighted by molar-refractivity contribution is -0.149. The van der Waals surface area contributed by atoms with Crippen molar-refractivity contribution in [1.29, 1.82) is 0 Å². The molecule has 192 valence electrons. The van der Waals surface area contributed by atoms with Crippen LogP contribution in [0, 0.1) is 0 Å². The van der Waals surface area contributed by atoms with Gasteiger partial charge in [0.15, 0.2) is 0 Å². The SMILES string of the molecule is CCCCCCCCCOCCOCCOCCOCCCC(=O)OC(C)CCCCC. The lowest BCUT2D eigenvalue weighted by atomic mass is 10.1. The first-order chi connectivity index (χ1) is 15.7. The number of carbonyl (C=O) groups excluding carboxylic acids is 1. The average Bonchev–Trinajstić information content (AvgIpc) is 2.78. The minimum absolute atomic E-state index is 0.0160. The maximum Gasteiger partial charge on any atom is 0.306 e. The summed E-state index contributed by atoms with van der Waals surface area (Å²) >= 11 is 0. The van der Waals surface area contributed by atoms with Crippen molar-refractivity contribution in [2.45, 2.75) is 110 Å². The Morgan fingerprint density at radius 3 is 1.56 bits per heavy atom. The van der Waals surface area contributed by atoms with Crippen LogP contribution in [-0.2, 0) is 28.5 Å². The molecule has 1 atom stereocenters. The van der Waals surface area contributed by atoms with Gasteiger partial charge in [0, 0.05) is 19.6 Å². The lowest BCUT2D eigenvalue weighted by Crippen LogP contribution is -2.15. The van der Waals surface area contributed by atoms with Crippen molar-refractivity contribution in [1.82, 2.24) is 0 Å². The first kappa shape index (κ1) is 31.3. The highest BCUT2D eigenvalue weighted by Gasteiger charge is 2.08. The van der Waals surface area contributed by atoms with Gasteiger partial charge >= 0.3 is 5.97 Å². The fraction of sp³-hybridized carbons (Fsp3) is 0.962. The molecule has 0 aromatic rings. The predicted octanol–water partition coefficient (Wildman–Crippen LogP) is 6.10. The van der Waals surface area contributed by atoms with Crippen molar-refractivity contribution in [2.75, 3.05) is 52.9 Å². The van der Waals surface area contributed by atoms with Gasteiger partial charge in [-0.1, -0.05) is 65.2 Å². The second kappa shape index (κ2) is 26.6. The van der Waals surface area contributed by atoms with Gasteiger partial charge in [-0.2, -0.15) is 0 Å². The Labute approximate surface area is 198 Å². The minimum atomic E-state index is -0.127. The third-order valence-electron chi connectivity index (χ3n) is 5.22. The van der Waals surface area contributed by atoms with E-state index in [0.717, 1.165) is 25.9 Å². The van der Waals surface area contributed by atoms with E-state index in [1.807, 2.05) is 6.92 Å². The van der Waals surface area contributed by atoms with Crippen molar-refractivity contribution in [3.8, 4) is 0 Å². The van der Waals surface area contributed by atoms with E-state index in [-0.39, 0.29) is 12.1 Å². The number of hydrogen-bond acceptors (Lipinski definition) is 6. The highest BCUT2D eigenvalue weighted by Crippen LogP contribution is 2.08. The summed E-state index contributed by atoms with van der Waals surface area (Å²) in [5, 5.41) is 0. The molecule has 0 saturated heterocycles. The van der Waals surface area contributed by atoms with Crippen molar-refractivity contribution in [3.63, 3.8) is 0 Å². The fourth-order valence-electron chi connectivity index (χ4n) is 3.27. The monoisotopic (exact) mass is 460 g/mol. The van der Waals surface area contributed by atoms with Crippen molar-refractivity contribution < 1.29 is 28.5 Å². The van der Waals surface area contributed by atoms with E-state index in [9.17, 15) is 4.79 Å². The van der Waals surface area contributed by atoms with E-state index in [1.165, 1.54) is 51.4 Å². The first-order valence-corrected chi connectivity index (χ1v) is 13.2. The first-order valence-electron chi connectivity index (χ1n) is 13.2. The highest BCUT2D eigenvalue weighted by molar-refractivity contribution is 5.69. The van der Waals surface area contributed by atoms with E-state index in [0.29, 0.717) is 59.1 Å². The zero-order chi connectivity index (χ0) is 23.5. The molecule has 0 radical (unpaired) electrons. The molecule has 0 aliphatic rings. The normalized spacial score (nSPS) is 12.2. The highest BCUT2D eigenvalue weighted by atomic mass is 16.6. The number of hydrogen-bond donors (Lipinski definition) is 0. The molecule has 0 aliphatic carbocycles. The molecule has 0 heterocycles. The van der Waals surface area contributed by atoms with E-state index >= 15 is 0 Å². The summed E-state index contributed by atoms with van der Waals surface area (Å²) in [6.45, 7) is 11.2. The molecule has 0 amide bonds. The van der Waals surface area contributed by atoms with Gasteiger partial charge in [-0.3, -0.25) is 4.79 Å². The molecular weight excluding hydrogens is 408 g/mol. The Balaban J connectivity index is 3.16. The molecule has 0 aromatic heterocycles. The summed E-state index contributed by atoms with van der Waals surface area (Å²) in [6, 6.07) is 0. The molecule has 6 heteroatoms. The van der Waals surface area contributed by atoms with Gasteiger partial charge in [-0.05, 0) is 32.6 Å². The standard InChI is InChI=1S/C26H52O6/c1-4-6-8-9-10-11-13-17-28-19-21-30-23-24-31-22-20-29-18-14-16-26(27)32-25(3)15-12-7-5-2/h25H,4-24H2,1-3H3. The Bertz CT molecular complexity index is 377. The molecule has 32 heavy (non-hydrogen) atoms. The van der Waals surface area contributed by atoms with Gasteiger partial charge in [0.05, 0.1) is 45.7 Å². The van der Waals surface area contributed by atoms with Crippen LogP contribution in [0.25, 0.3) is 0 Å². The van der Waals surface area contributed by atoms with Crippen LogP contribution in [-0.4, -0.2) is 64.9 Å². The summed E-state index contributed by atoms with van der Waals surface area (Å²) in [5.41, 5.74) is 0. The molecule has 0 fully saturated rings. The molecule has 0 aliphatic heterocycles. The van der Waals surface area contributed by atoms with E-state index in [2.05, 4.69) is 13.8 Å². The topological polar surface area (TPSA) is 63.2 Å². The van der Waals surface area contributed by atoms with Crippen LogP contribution in [0.2, 0.25) is 0 Å². The fourth-order valence-corrected chi connectivity index (χ4v) is 3.27. The smallest absolute Gasteiger partial charge is 0.306 e. The van der Waals surface area contributed by atoms with Crippen LogP contribution in [0.4, 0.5) is 0 Å². The molecule has 6 nitrogen and oxygen atoms in total. The molecular formula is C26H52O6. The number of esters is 1. The molecule has 0 N–H and O–H groups in total. The second-order valence-corrected chi connectivity index (χ2v) is 8.47. The van der Waals surface area contributed by atoms with Crippen molar-refractivity contribution in [3.05, 3.63) is 0 Å². The zero-order valence-corrected chi connectivity index (χ0v) is 21.4. The summed E-state index contributed by atoms with van der Waals surface area (Å²) < 4.78 is 27.4. The average molecular weight is 461 g/mol. The third kappa shape index (κ3) is 25.6. The Kier molecular flexibility index (Phi) is 26.0. The van der Waals surface area contributed by atoms with E-state index in [4.69, 9.17) is 23.7 Å². The molecule has 0 saturated carbocycles. The van der Waals surface area contributed by atoms with Gasteiger partial charge < -0.3 is 23.7 Å². The Morgan fingerprint density at radius 2 is 1.00 bits per heavy atom. The van der Waals surface area contributed by atoms with Crippen LogP contribution in [0.15, 0.2) is 0 Å². The number of ether oxygens (including phenoxy) is 5. The van der Waals surface area contributed by atoms with Crippen molar-refractivity contribution in [2.24, 2.45) is 0 Å². The summed E-state index contributed by atoms with van der Waals surface area (Å²) in [7, 11) is 0. The van der Waals surface area contributed by atoms with Gasteiger partial charge in [0.1, 0.15) is 0 Å². The van der Waals surface area contributed by atoms with Crippen LogP contribution in [0.3, 0.4) is 0 Å². The molecule has 0 aromatic carbocycles. The second-order valence-electron chi connectivity index (χ2n) is 8.47. The number of carbonyl (C=O) groups is 1. The number of rotatable bonds is 26. The Hall–Kier alpha value is -0.690. The van der Waals surface area contributed by atoms with Crippen LogP contribution >= 0.6 is 0 Å². The predicted molar refractivity (Wildman–Crippen MR) is 130 cm³/mol. The molecule has 1 unspecified atom stereocenters. The Morgan fingerprint density at radius 1 is 0.562 bits per heavy atom. The van der Waals surface area contributed by atoms with Gasteiger partial charge in [0.2, 0.25) is 0 Å². The summed E-state index contributed by atoms with van der Waals surface area (Å²) in [4.78, 5) is 11.8. The van der Waals surface area contributed by atoms with Crippen LogP contribution < -0.4 is 0 Å². The van der Waals surface area contributed by atoms with Gasteiger partial charge in [-0.25, -0.2) is 0 Å². The maximum atomic E-state index is 11.8. The number of unbranched alkanes of at least 4 members (excludes halogenated alkanes) is 8. The zero-order valence-electron chi connectivity index (χ0n) is 21.4. The minimum Gasteiger partial charge on any atom is -0.463 e. The summed E-state index contributed by atoms with van der Waals surface area (Å²) in [5.74, 6) is -0.127. The van der Waals surface area contributed by atoms with Crippen molar-refractivity contribution >= 4 is 5.97 Å². The molecule has 0 spiro atoms. The maximum absolute atomic E-state index is 11.8. The largest absolute Gasteiger partial charge is 0.463 e. The van der Waals surface area contributed by atoms with Gasteiger partial charge in [-0.15, -0.1) is 0 Å². The quantitative estimate of drug-likeness (QED) is 0.115. The van der Waals surface area contributed by atoms with Crippen LogP contribution in [0.5, 0.6) is 0 Å².